The number of carboxylic acids is 1. The molecule has 5 nitrogen and oxygen atoms in total. The van der Waals surface area contributed by atoms with Crippen molar-refractivity contribution in [1.82, 2.24) is 4.90 Å². The summed E-state index contributed by atoms with van der Waals surface area (Å²) in [4.78, 5) is 21.7. The van der Waals surface area contributed by atoms with Gasteiger partial charge < -0.3 is 15.1 Å². The van der Waals surface area contributed by atoms with Crippen molar-refractivity contribution in [2.24, 2.45) is 0 Å². The Bertz CT molecular complexity index is 654. The average Bonchev–Trinajstić information content (AvgIpc) is 2.48. The molecule has 0 aliphatic rings. The molecule has 0 aromatic heterocycles. The number of hydrogen-bond acceptors (Lipinski definition) is 3. The van der Waals surface area contributed by atoms with Crippen LogP contribution in [0.25, 0.3) is 11.1 Å². The summed E-state index contributed by atoms with van der Waals surface area (Å²) in [6.07, 6.45) is 0.750. The molecule has 0 heterocycles. The molecule has 2 aromatic rings. The fraction of sp³-hybridized carbons (Fsp3) is 0.125. The highest BCUT2D eigenvalue weighted by Gasteiger charge is 2.08. The van der Waals surface area contributed by atoms with Crippen molar-refractivity contribution in [3.05, 3.63) is 52.5 Å². The lowest BCUT2D eigenvalue weighted by atomic mass is 10.0. The number of carbonyl (C=O) groups excluding carboxylic acids is 1. The molecule has 6 heteroatoms. The van der Waals surface area contributed by atoms with E-state index in [4.69, 9.17) is 5.11 Å². The first-order valence-electron chi connectivity index (χ1n) is 6.29. The van der Waals surface area contributed by atoms with Crippen LogP contribution >= 0.6 is 15.9 Å². The van der Waals surface area contributed by atoms with Crippen molar-refractivity contribution in [1.29, 1.82) is 0 Å². The fourth-order valence-corrected chi connectivity index (χ4v) is 2.13. The third kappa shape index (κ3) is 5.21. The van der Waals surface area contributed by atoms with Gasteiger partial charge in [-0.05, 0) is 35.4 Å². The molecule has 0 atom stereocenters. The molecule has 0 saturated heterocycles. The van der Waals surface area contributed by atoms with Crippen LogP contribution in [0.2, 0.25) is 0 Å². The number of hydrogen-bond donors (Lipinski definition) is 2. The molecular formula is C16H16BrNO4. The molecule has 0 unspecified atom stereocenters. The number of phenolic OH excluding ortho intramolecular Hbond substituents is 1. The second kappa shape index (κ2) is 8.19. The van der Waals surface area contributed by atoms with E-state index in [0.29, 0.717) is 4.47 Å². The van der Waals surface area contributed by atoms with E-state index in [1.54, 1.807) is 56.6 Å². The Morgan fingerprint density at radius 3 is 2.09 bits per heavy atom. The van der Waals surface area contributed by atoms with Crippen LogP contribution in [0.3, 0.4) is 0 Å². The molecular weight excluding hydrogens is 350 g/mol. The monoisotopic (exact) mass is 365 g/mol. The zero-order chi connectivity index (χ0) is 16.7. The largest absolute Gasteiger partial charge is 0.508 e. The van der Waals surface area contributed by atoms with Gasteiger partial charge in [0.05, 0.1) is 5.56 Å². The van der Waals surface area contributed by atoms with Gasteiger partial charge in [-0.2, -0.15) is 0 Å². The summed E-state index contributed by atoms with van der Waals surface area (Å²) in [7, 11) is 3.38. The number of aromatic carboxylic acids is 1. The van der Waals surface area contributed by atoms with E-state index in [2.05, 4.69) is 15.9 Å². The van der Waals surface area contributed by atoms with Crippen LogP contribution in [0, 0.1) is 0 Å². The van der Waals surface area contributed by atoms with Crippen molar-refractivity contribution in [2.75, 3.05) is 14.1 Å². The molecule has 22 heavy (non-hydrogen) atoms. The summed E-state index contributed by atoms with van der Waals surface area (Å²) >= 11 is 3.34. The lowest BCUT2D eigenvalue weighted by molar-refractivity contribution is -0.115. The number of benzene rings is 2. The maximum Gasteiger partial charge on any atom is 0.335 e. The first-order chi connectivity index (χ1) is 10.3. The lowest BCUT2D eigenvalue weighted by Crippen LogP contribution is -2.06. The van der Waals surface area contributed by atoms with E-state index in [9.17, 15) is 14.7 Å². The van der Waals surface area contributed by atoms with Gasteiger partial charge in [0.1, 0.15) is 5.75 Å². The van der Waals surface area contributed by atoms with Gasteiger partial charge >= 0.3 is 5.97 Å². The van der Waals surface area contributed by atoms with Crippen molar-refractivity contribution in [3.63, 3.8) is 0 Å². The minimum absolute atomic E-state index is 0.201. The molecule has 1 amide bonds. The summed E-state index contributed by atoms with van der Waals surface area (Å²) in [6.45, 7) is 0. The fourth-order valence-electron chi connectivity index (χ4n) is 1.52. The molecule has 0 fully saturated rings. The van der Waals surface area contributed by atoms with Crippen molar-refractivity contribution >= 4 is 28.3 Å². The van der Waals surface area contributed by atoms with E-state index in [1.807, 2.05) is 0 Å². The lowest BCUT2D eigenvalue weighted by Gasteiger charge is -2.06. The normalized spacial score (nSPS) is 9.41. The van der Waals surface area contributed by atoms with Gasteiger partial charge in [-0.25, -0.2) is 4.79 Å². The Morgan fingerprint density at radius 1 is 1.14 bits per heavy atom. The van der Waals surface area contributed by atoms with Crippen LogP contribution in [0.1, 0.15) is 10.4 Å². The summed E-state index contributed by atoms with van der Waals surface area (Å²) < 4.78 is 0.711. The molecule has 0 bridgehead atoms. The molecule has 0 aliphatic heterocycles. The van der Waals surface area contributed by atoms with Crippen molar-refractivity contribution in [3.8, 4) is 16.9 Å². The Morgan fingerprint density at radius 2 is 1.68 bits per heavy atom. The first kappa shape index (κ1) is 17.7. The first-order valence-corrected chi connectivity index (χ1v) is 7.08. The molecule has 0 spiro atoms. The zero-order valence-corrected chi connectivity index (χ0v) is 13.7. The number of aromatic hydroxyl groups is 1. The topological polar surface area (TPSA) is 77.8 Å². The number of carbonyl (C=O) groups is 2. The molecule has 0 saturated carbocycles. The van der Waals surface area contributed by atoms with Crippen LogP contribution < -0.4 is 0 Å². The van der Waals surface area contributed by atoms with Gasteiger partial charge in [-0.3, -0.25) is 4.79 Å². The van der Waals surface area contributed by atoms with E-state index in [-0.39, 0.29) is 11.3 Å². The highest BCUT2D eigenvalue weighted by Crippen LogP contribution is 2.30. The zero-order valence-electron chi connectivity index (χ0n) is 12.2. The SMILES string of the molecule is CN(C)C=O.O=C(O)c1ccc(-c2ccc(O)cc2)c(Br)c1. The molecule has 0 aliphatic carbocycles. The molecule has 0 radical (unpaired) electrons. The van der Waals surface area contributed by atoms with Crippen LogP contribution in [0.15, 0.2) is 46.9 Å². The van der Waals surface area contributed by atoms with Crippen molar-refractivity contribution < 1.29 is 19.8 Å². The van der Waals surface area contributed by atoms with Crippen LogP contribution in [-0.4, -0.2) is 41.6 Å². The van der Waals surface area contributed by atoms with E-state index in [0.717, 1.165) is 17.5 Å². The third-order valence-electron chi connectivity index (χ3n) is 2.61. The smallest absolute Gasteiger partial charge is 0.335 e. The maximum atomic E-state index is 10.8. The quantitative estimate of drug-likeness (QED) is 0.818. The number of phenols is 1. The summed E-state index contributed by atoms with van der Waals surface area (Å²) in [5.74, 6) is -0.755. The number of halogens is 1. The molecule has 116 valence electrons. The number of amides is 1. The average molecular weight is 366 g/mol. The highest BCUT2D eigenvalue weighted by atomic mass is 79.9. The van der Waals surface area contributed by atoms with Gasteiger partial charge in [-0.15, -0.1) is 0 Å². The number of nitrogens with zero attached hydrogens (tertiary/aromatic N) is 1. The van der Waals surface area contributed by atoms with E-state index < -0.39 is 5.97 Å². The third-order valence-corrected chi connectivity index (χ3v) is 3.26. The van der Waals surface area contributed by atoms with Gasteiger partial charge in [-0.1, -0.05) is 34.1 Å². The Balaban J connectivity index is 0.000000422. The Labute approximate surface area is 136 Å². The highest BCUT2D eigenvalue weighted by molar-refractivity contribution is 9.10. The van der Waals surface area contributed by atoms with E-state index >= 15 is 0 Å². The molecule has 2 aromatic carbocycles. The minimum atomic E-state index is -0.956. The molecule has 2 rings (SSSR count). The van der Waals surface area contributed by atoms with Gasteiger partial charge in [0, 0.05) is 18.6 Å². The maximum absolute atomic E-state index is 10.8. The summed E-state index contributed by atoms with van der Waals surface area (Å²) in [5, 5.41) is 18.1. The summed E-state index contributed by atoms with van der Waals surface area (Å²) in [6, 6.07) is 11.6. The van der Waals surface area contributed by atoms with Gasteiger partial charge in [0.2, 0.25) is 6.41 Å². The Kier molecular flexibility index (Phi) is 6.59. The van der Waals surface area contributed by atoms with Crippen LogP contribution in [-0.2, 0) is 4.79 Å². The predicted octanol–water partition coefficient (Wildman–Crippen LogP) is 3.22. The standard InChI is InChI=1S/C13H9BrO3.C3H7NO/c14-12-7-9(13(16)17)3-6-11(12)8-1-4-10(15)5-2-8;1-4(2)3-5/h1-7,15H,(H,16,17);3H,1-2H3. The van der Waals surface area contributed by atoms with Gasteiger partial charge in [0.15, 0.2) is 0 Å². The van der Waals surface area contributed by atoms with Crippen molar-refractivity contribution in [2.45, 2.75) is 0 Å². The van der Waals surface area contributed by atoms with Crippen LogP contribution in [0.5, 0.6) is 5.75 Å². The van der Waals surface area contributed by atoms with Gasteiger partial charge in [0.25, 0.3) is 0 Å². The number of carboxylic acid groups (broad SMARTS) is 1. The predicted molar refractivity (Wildman–Crippen MR) is 88.0 cm³/mol. The minimum Gasteiger partial charge on any atom is -0.508 e. The second-order valence-corrected chi connectivity index (χ2v) is 5.47. The summed E-state index contributed by atoms with van der Waals surface area (Å²) in [5.41, 5.74) is 2.03. The van der Waals surface area contributed by atoms with Crippen LogP contribution in [0.4, 0.5) is 0 Å². The number of rotatable bonds is 3. The Hall–Kier alpha value is -2.34. The van der Waals surface area contributed by atoms with E-state index in [1.165, 1.54) is 4.90 Å². The molecule has 2 N–H and O–H groups in total. The second-order valence-electron chi connectivity index (χ2n) is 4.62.